The second-order valence-electron chi connectivity index (χ2n) is 2.84. The van der Waals surface area contributed by atoms with Gasteiger partial charge < -0.3 is 4.74 Å². The van der Waals surface area contributed by atoms with E-state index in [1.807, 2.05) is 0 Å². The van der Waals surface area contributed by atoms with E-state index in [1.165, 1.54) is 0 Å². The van der Waals surface area contributed by atoms with Gasteiger partial charge in [-0.25, -0.2) is 0 Å². The van der Waals surface area contributed by atoms with Crippen molar-refractivity contribution in [1.82, 2.24) is 0 Å². The van der Waals surface area contributed by atoms with Crippen molar-refractivity contribution in [3.63, 3.8) is 0 Å². The van der Waals surface area contributed by atoms with Crippen LogP contribution in [0.3, 0.4) is 0 Å². The molecule has 0 radical (unpaired) electrons. The third-order valence-corrected chi connectivity index (χ3v) is 1.96. The van der Waals surface area contributed by atoms with Crippen molar-refractivity contribution in [2.24, 2.45) is 0 Å². The molecule has 0 spiro atoms. The van der Waals surface area contributed by atoms with E-state index >= 15 is 0 Å². The van der Waals surface area contributed by atoms with Gasteiger partial charge in [-0.1, -0.05) is 32.6 Å². The first-order valence-corrected chi connectivity index (χ1v) is 4.27. The van der Waals surface area contributed by atoms with Crippen molar-refractivity contribution < 1.29 is 4.74 Å². The Balaban J connectivity index is 4.11. The zero-order valence-corrected chi connectivity index (χ0v) is 7.81. The molecule has 0 fully saturated rings. The molecule has 0 amide bonds. The van der Waals surface area contributed by atoms with Crippen molar-refractivity contribution in [3.05, 3.63) is 0 Å². The van der Waals surface area contributed by atoms with Crippen LogP contribution in [0.25, 0.3) is 0 Å². The molecule has 0 aromatic heterocycles. The van der Waals surface area contributed by atoms with Crippen molar-refractivity contribution in [1.29, 1.82) is 0 Å². The number of hydrogen-bond donors (Lipinski definition) is 0. The van der Waals surface area contributed by atoms with Crippen LogP contribution < -0.4 is 0 Å². The monoisotopic (exact) mass is 154 g/mol. The first-order valence-electron chi connectivity index (χ1n) is 4.27. The lowest BCUT2D eigenvalue weighted by molar-refractivity contribution is 0.0253. The number of ether oxygens (including phenoxy) is 1. The molecule has 0 atom stereocenters. The van der Waals surface area contributed by atoms with Crippen LogP contribution in [0.1, 0.15) is 39.5 Å². The number of terminal acetylenes is 1. The van der Waals surface area contributed by atoms with E-state index in [0.29, 0.717) is 0 Å². The van der Waals surface area contributed by atoms with Gasteiger partial charge >= 0.3 is 0 Å². The Morgan fingerprint density at radius 2 is 1.73 bits per heavy atom. The summed E-state index contributed by atoms with van der Waals surface area (Å²) in [5, 5.41) is 0. The largest absolute Gasteiger partial charge is 0.366 e. The molecule has 0 rings (SSSR count). The summed E-state index contributed by atoms with van der Waals surface area (Å²) in [6, 6.07) is 0. The normalized spacial score (nSPS) is 11.1. The molecule has 0 aliphatic rings. The molecular formula is C10H18O. The van der Waals surface area contributed by atoms with Crippen LogP contribution in [0.15, 0.2) is 0 Å². The average molecular weight is 154 g/mol. The molecule has 11 heavy (non-hydrogen) atoms. The maximum Gasteiger partial charge on any atom is 0.128 e. The van der Waals surface area contributed by atoms with Gasteiger partial charge in [0.2, 0.25) is 0 Å². The summed E-state index contributed by atoms with van der Waals surface area (Å²) in [6.45, 7) is 4.25. The van der Waals surface area contributed by atoms with E-state index in [-0.39, 0.29) is 5.60 Å². The highest BCUT2D eigenvalue weighted by atomic mass is 16.5. The van der Waals surface area contributed by atoms with Crippen molar-refractivity contribution in [2.45, 2.75) is 45.1 Å². The Hall–Kier alpha value is -0.480. The summed E-state index contributed by atoms with van der Waals surface area (Å²) >= 11 is 0. The molecule has 0 saturated heterocycles. The zero-order chi connectivity index (χ0) is 8.74. The van der Waals surface area contributed by atoms with E-state index in [1.54, 1.807) is 7.11 Å². The lowest BCUT2D eigenvalue weighted by Gasteiger charge is -2.25. The van der Waals surface area contributed by atoms with Crippen LogP contribution in [-0.2, 0) is 4.74 Å². The van der Waals surface area contributed by atoms with Gasteiger partial charge in [0.25, 0.3) is 0 Å². The molecule has 0 unspecified atom stereocenters. The molecule has 0 aliphatic carbocycles. The zero-order valence-electron chi connectivity index (χ0n) is 7.81. The standard InChI is InChI=1S/C10H18O/c1-5-8-10(7-3,11-4)9-6-2/h3H,5-6,8-9H2,1-2,4H3. The molecule has 1 heteroatoms. The van der Waals surface area contributed by atoms with Crippen molar-refractivity contribution in [3.8, 4) is 12.3 Å². The van der Waals surface area contributed by atoms with Crippen LogP contribution in [0, 0.1) is 12.3 Å². The number of methoxy groups -OCH3 is 1. The van der Waals surface area contributed by atoms with E-state index < -0.39 is 0 Å². The molecular weight excluding hydrogens is 136 g/mol. The predicted molar refractivity (Wildman–Crippen MR) is 48.4 cm³/mol. The highest BCUT2D eigenvalue weighted by Gasteiger charge is 2.24. The van der Waals surface area contributed by atoms with E-state index in [0.717, 1.165) is 25.7 Å². The fourth-order valence-corrected chi connectivity index (χ4v) is 1.34. The van der Waals surface area contributed by atoms with E-state index in [2.05, 4.69) is 19.8 Å². The lowest BCUT2D eigenvalue weighted by atomic mass is 9.93. The fourth-order valence-electron chi connectivity index (χ4n) is 1.34. The molecule has 0 saturated carbocycles. The van der Waals surface area contributed by atoms with Crippen LogP contribution in [0.2, 0.25) is 0 Å². The average Bonchev–Trinajstić information content (AvgIpc) is 2.04. The highest BCUT2D eigenvalue weighted by molar-refractivity contribution is 5.07. The van der Waals surface area contributed by atoms with Gasteiger partial charge in [-0.3, -0.25) is 0 Å². The molecule has 0 aromatic carbocycles. The van der Waals surface area contributed by atoms with E-state index in [9.17, 15) is 0 Å². The van der Waals surface area contributed by atoms with Crippen LogP contribution >= 0.6 is 0 Å². The first-order chi connectivity index (χ1) is 5.24. The first kappa shape index (κ1) is 10.5. The minimum absolute atomic E-state index is 0.288. The molecule has 0 N–H and O–H groups in total. The number of hydrogen-bond acceptors (Lipinski definition) is 1. The molecule has 0 aliphatic heterocycles. The topological polar surface area (TPSA) is 9.23 Å². The molecule has 0 bridgehead atoms. The third-order valence-electron chi connectivity index (χ3n) is 1.96. The van der Waals surface area contributed by atoms with Gasteiger partial charge in [0, 0.05) is 7.11 Å². The Kier molecular flexibility index (Phi) is 4.98. The summed E-state index contributed by atoms with van der Waals surface area (Å²) < 4.78 is 5.33. The molecule has 0 aromatic rings. The maximum atomic E-state index is 5.42. The highest BCUT2D eigenvalue weighted by Crippen LogP contribution is 2.22. The Labute approximate surface area is 70.1 Å². The Morgan fingerprint density at radius 1 is 1.27 bits per heavy atom. The summed E-state index contributed by atoms with van der Waals surface area (Å²) in [6.07, 6.45) is 9.51. The minimum atomic E-state index is -0.288. The predicted octanol–water partition coefficient (Wildman–Crippen LogP) is 2.61. The van der Waals surface area contributed by atoms with Gasteiger partial charge in [-0.15, -0.1) is 6.42 Å². The second-order valence-corrected chi connectivity index (χ2v) is 2.84. The Bertz CT molecular complexity index is 126. The lowest BCUT2D eigenvalue weighted by Crippen LogP contribution is -2.28. The van der Waals surface area contributed by atoms with E-state index in [4.69, 9.17) is 11.2 Å². The molecule has 64 valence electrons. The maximum absolute atomic E-state index is 5.42. The van der Waals surface area contributed by atoms with Gasteiger partial charge in [0.05, 0.1) is 0 Å². The van der Waals surface area contributed by atoms with Gasteiger partial charge in [-0.05, 0) is 12.8 Å². The van der Waals surface area contributed by atoms with Crippen LogP contribution in [0.5, 0.6) is 0 Å². The van der Waals surface area contributed by atoms with Crippen LogP contribution in [0.4, 0.5) is 0 Å². The summed E-state index contributed by atoms with van der Waals surface area (Å²) in [7, 11) is 1.70. The molecule has 1 nitrogen and oxygen atoms in total. The SMILES string of the molecule is C#CC(CCC)(CCC)OC. The quantitative estimate of drug-likeness (QED) is 0.553. The summed E-state index contributed by atoms with van der Waals surface area (Å²) in [4.78, 5) is 0. The Morgan fingerprint density at radius 3 is 1.91 bits per heavy atom. The van der Waals surface area contributed by atoms with Crippen LogP contribution in [-0.4, -0.2) is 12.7 Å². The van der Waals surface area contributed by atoms with Crippen molar-refractivity contribution >= 4 is 0 Å². The fraction of sp³-hybridized carbons (Fsp3) is 0.800. The summed E-state index contributed by atoms with van der Waals surface area (Å²) in [5.74, 6) is 2.74. The summed E-state index contributed by atoms with van der Waals surface area (Å²) in [5.41, 5.74) is -0.288. The minimum Gasteiger partial charge on any atom is -0.366 e. The molecule has 0 heterocycles. The second kappa shape index (κ2) is 5.21. The van der Waals surface area contributed by atoms with Crippen molar-refractivity contribution in [2.75, 3.05) is 7.11 Å². The van der Waals surface area contributed by atoms with Gasteiger partial charge in [0.1, 0.15) is 5.60 Å². The number of rotatable bonds is 5. The van der Waals surface area contributed by atoms with Gasteiger partial charge in [-0.2, -0.15) is 0 Å². The third kappa shape index (κ3) is 2.95. The smallest absolute Gasteiger partial charge is 0.128 e. The van der Waals surface area contributed by atoms with Gasteiger partial charge in [0.15, 0.2) is 0 Å².